The predicted molar refractivity (Wildman–Crippen MR) is 83.8 cm³/mol. The van der Waals surface area contributed by atoms with Crippen molar-refractivity contribution in [2.24, 2.45) is 0 Å². The molecule has 0 radical (unpaired) electrons. The number of rotatable bonds is 7. The van der Waals surface area contributed by atoms with E-state index in [1.807, 2.05) is 6.92 Å². The quantitative estimate of drug-likeness (QED) is 0.755. The lowest BCUT2D eigenvalue weighted by molar-refractivity contribution is -0.122. The van der Waals surface area contributed by atoms with Crippen molar-refractivity contribution in [1.82, 2.24) is 10.0 Å². The molecule has 0 aliphatic rings. The average Bonchev–Trinajstić information content (AvgIpc) is 2.44. The molecule has 0 aliphatic heterocycles. The minimum Gasteiger partial charge on any atom is -0.496 e. The fourth-order valence-corrected chi connectivity index (χ4v) is 3.49. The molecule has 0 spiro atoms. The minimum absolute atomic E-state index is 0.0605. The summed E-state index contributed by atoms with van der Waals surface area (Å²) in [4.78, 5) is 11.8. The van der Waals surface area contributed by atoms with Gasteiger partial charge in [-0.2, -0.15) is 4.72 Å². The van der Waals surface area contributed by atoms with Gasteiger partial charge in [-0.05, 0) is 47.5 Å². The standard InChI is InChI=1S/C13H19BrN2O4S/c1-4-7-15-13(17)9(2)16-21(18,19)10-5-6-12(20-3)11(14)8-10/h5-6,8-9,16H,4,7H2,1-3H3,(H,15,17). The van der Waals surface area contributed by atoms with Crippen molar-refractivity contribution in [3.05, 3.63) is 22.7 Å². The van der Waals surface area contributed by atoms with Gasteiger partial charge in [-0.3, -0.25) is 4.79 Å². The predicted octanol–water partition coefficient (Wildman–Crippen LogP) is 1.65. The van der Waals surface area contributed by atoms with Crippen LogP contribution >= 0.6 is 15.9 Å². The Labute approximate surface area is 133 Å². The van der Waals surface area contributed by atoms with Gasteiger partial charge in [-0.15, -0.1) is 0 Å². The zero-order valence-corrected chi connectivity index (χ0v) is 14.5. The zero-order chi connectivity index (χ0) is 16.0. The topological polar surface area (TPSA) is 84.5 Å². The van der Waals surface area contributed by atoms with E-state index in [2.05, 4.69) is 26.0 Å². The second kappa shape index (κ2) is 7.77. The second-order valence-corrected chi connectivity index (χ2v) is 7.00. The molecule has 2 N–H and O–H groups in total. The monoisotopic (exact) mass is 378 g/mol. The average molecular weight is 379 g/mol. The lowest BCUT2D eigenvalue weighted by atomic mass is 10.3. The maximum atomic E-state index is 12.2. The van der Waals surface area contributed by atoms with Gasteiger partial charge in [0.25, 0.3) is 0 Å². The molecule has 0 fully saturated rings. The number of methoxy groups -OCH3 is 1. The summed E-state index contributed by atoms with van der Waals surface area (Å²) in [6, 6.07) is 3.54. The van der Waals surface area contributed by atoms with Crippen LogP contribution in [0.1, 0.15) is 20.3 Å². The Balaban J connectivity index is 2.86. The number of nitrogens with one attached hydrogen (secondary N) is 2. The molecular weight excluding hydrogens is 360 g/mol. The van der Waals surface area contributed by atoms with Crippen LogP contribution in [0.25, 0.3) is 0 Å². The molecule has 8 heteroatoms. The molecule has 1 aromatic rings. The first-order chi connectivity index (χ1) is 9.81. The van der Waals surface area contributed by atoms with E-state index in [1.54, 1.807) is 6.07 Å². The van der Waals surface area contributed by atoms with Crippen LogP contribution in [0.15, 0.2) is 27.6 Å². The van der Waals surface area contributed by atoms with Crippen LogP contribution in [0.4, 0.5) is 0 Å². The van der Waals surface area contributed by atoms with E-state index in [0.717, 1.165) is 6.42 Å². The van der Waals surface area contributed by atoms with Crippen molar-refractivity contribution < 1.29 is 17.9 Å². The normalized spacial score (nSPS) is 12.8. The second-order valence-electron chi connectivity index (χ2n) is 4.43. The Kier molecular flexibility index (Phi) is 6.63. The molecule has 0 saturated heterocycles. The Bertz CT molecular complexity index is 604. The highest BCUT2D eigenvalue weighted by atomic mass is 79.9. The lowest BCUT2D eigenvalue weighted by Crippen LogP contribution is -2.44. The van der Waals surface area contributed by atoms with Crippen molar-refractivity contribution in [2.45, 2.75) is 31.2 Å². The highest BCUT2D eigenvalue weighted by Gasteiger charge is 2.22. The molecule has 1 rings (SSSR count). The molecular formula is C13H19BrN2O4S. The smallest absolute Gasteiger partial charge is 0.241 e. The number of hydrogen-bond donors (Lipinski definition) is 2. The van der Waals surface area contributed by atoms with Gasteiger partial charge in [0.15, 0.2) is 0 Å². The molecule has 6 nitrogen and oxygen atoms in total. The third-order valence-electron chi connectivity index (χ3n) is 2.71. The highest BCUT2D eigenvalue weighted by Crippen LogP contribution is 2.27. The summed E-state index contributed by atoms with van der Waals surface area (Å²) in [5, 5.41) is 2.64. The Hall–Kier alpha value is -1.12. The molecule has 118 valence electrons. The van der Waals surface area contributed by atoms with Crippen molar-refractivity contribution >= 4 is 31.9 Å². The summed E-state index contributed by atoms with van der Waals surface area (Å²) in [5.41, 5.74) is 0. The molecule has 1 amide bonds. The molecule has 0 bridgehead atoms. The summed E-state index contributed by atoms with van der Waals surface area (Å²) in [6.07, 6.45) is 0.788. The van der Waals surface area contributed by atoms with E-state index in [4.69, 9.17) is 4.74 Å². The highest BCUT2D eigenvalue weighted by molar-refractivity contribution is 9.10. The number of ether oxygens (including phenoxy) is 1. The van der Waals surface area contributed by atoms with Crippen molar-refractivity contribution in [2.75, 3.05) is 13.7 Å². The summed E-state index contributed by atoms with van der Waals surface area (Å²) < 4.78 is 32.4. The first-order valence-corrected chi connectivity index (χ1v) is 8.73. The van der Waals surface area contributed by atoms with E-state index in [9.17, 15) is 13.2 Å². The number of carbonyl (C=O) groups is 1. The van der Waals surface area contributed by atoms with E-state index in [-0.39, 0.29) is 10.8 Å². The first kappa shape index (κ1) is 17.9. The van der Waals surface area contributed by atoms with Crippen LogP contribution < -0.4 is 14.8 Å². The maximum absolute atomic E-state index is 12.2. The van der Waals surface area contributed by atoms with Crippen LogP contribution in [0.5, 0.6) is 5.75 Å². The Morgan fingerprint density at radius 1 is 1.43 bits per heavy atom. The summed E-state index contributed by atoms with van der Waals surface area (Å²) in [7, 11) is -2.28. The molecule has 0 aliphatic carbocycles. The Morgan fingerprint density at radius 2 is 2.10 bits per heavy atom. The van der Waals surface area contributed by atoms with Crippen molar-refractivity contribution in [3.8, 4) is 5.75 Å². The van der Waals surface area contributed by atoms with Crippen molar-refractivity contribution in [1.29, 1.82) is 0 Å². The summed E-state index contributed by atoms with van der Waals surface area (Å²) in [5.74, 6) is 0.177. The SMILES string of the molecule is CCCNC(=O)C(C)NS(=O)(=O)c1ccc(OC)c(Br)c1. The van der Waals surface area contributed by atoms with E-state index in [0.29, 0.717) is 16.8 Å². The van der Waals surface area contributed by atoms with E-state index in [1.165, 1.54) is 26.2 Å². The van der Waals surface area contributed by atoms with Crippen LogP contribution in [0.2, 0.25) is 0 Å². The van der Waals surface area contributed by atoms with Gasteiger partial charge in [0.1, 0.15) is 5.75 Å². The number of hydrogen-bond acceptors (Lipinski definition) is 4. The van der Waals surface area contributed by atoms with Crippen LogP contribution in [-0.2, 0) is 14.8 Å². The number of carbonyl (C=O) groups excluding carboxylic acids is 1. The number of benzene rings is 1. The largest absolute Gasteiger partial charge is 0.496 e. The molecule has 21 heavy (non-hydrogen) atoms. The molecule has 0 heterocycles. The molecule has 0 saturated carbocycles. The summed E-state index contributed by atoms with van der Waals surface area (Å²) >= 11 is 3.23. The zero-order valence-electron chi connectivity index (χ0n) is 12.1. The fourth-order valence-electron chi connectivity index (χ4n) is 1.57. The van der Waals surface area contributed by atoms with E-state index >= 15 is 0 Å². The molecule has 1 aromatic carbocycles. The molecule has 0 aromatic heterocycles. The van der Waals surface area contributed by atoms with Gasteiger partial charge in [-0.25, -0.2) is 8.42 Å². The summed E-state index contributed by atoms with van der Waals surface area (Å²) in [6.45, 7) is 3.93. The fraction of sp³-hybridized carbons (Fsp3) is 0.462. The number of sulfonamides is 1. The number of halogens is 1. The van der Waals surface area contributed by atoms with Gasteiger partial charge in [0.2, 0.25) is 15.9 Å². The van der Waals surface area contributed by atoms with Crippen LogP contribution in [0.3, 0.4) is 0 Å². The maximum Gasteiger partial charge on any atom is 0.241 e. The third-order valence-corrected chi connectivity index (χ3v) is 4.87. The van der Waals surface area contributed by atoms with E-state index < -0.39 is 16.1 Å². The van der Waals surface area contributed by atoms with Gasteiger partial charge in [-0.1, -0.05) is 6.92 Å². The van der Waals surface area contributed by atoms with Crippen LogP contribution in [-0.4, -0.2) is 34.0 Å². The van der Waals surface area contributed by atoms with Gasteiger partial charge >= 0.3 is 0 Å². The van der Waals surface area contributed by atoms with Gasteiger partial charge in [0.05, 0.1) is 22.5 Å². The first-order valence-electron chi connectivity index (χ1n) is 6.45. The molecule has 1 unspecified atom stereocenters. The third kappa shape index (κ3) is 4.98. The molecule has 1 atom stereocenters. The number of amides is 1. The van der Waals surface area contributed by atoms with Gasteiger partial charge < -0.3 is 10.1 Å². The van der Waals surface area contributed by atoms with Gasteiger partial charge in [0, 0.05) is 6.54 Å². The minimum atomic E-state index is -3.77. The lowest BCUT2D eigenvalue weighted by Gasteiger charge is -2.14. The van der Waals surface area contributed by atoms with Crippen molar-refractivity contribution in [3.63, 3.8) is 0 Å². The Morgan fingerprint density at radius 3 is 2.62 bits per heavy atom. The van der Waals surface area contributed by atoms with Crippen LogP contribution in [0, 0.1) is 0 Å².